The Morgan fingerprint density at radius 2 is 2.38 bits per heavy atom. The van der Waals surface area contributed by atoms with Crippen molar-refractivity contribution in [2.75, 3.05) is 18.4 Å². The molecular formula is C3H6ClO3S-. The molecule has 8 heavy (non-hydrogen) atoms. The van der Waals surface area contributed by atoms with Gasteiger partial charge >= 0.3 is 0 Å². The minimum atomic E-state index is -2.10. The number of rotatable bonds is 4. The van der Waals surface area contributed by atoms with Crippen molar-refractivity contribution >= 4 is 22.7 Å². The summed E-state index contributed by atoms with van der Waals surface area (Å²) >= 11 is 3.06. The van der Waals surface area contributed by atoms with Crippen molar-refractivity contribution in [1.29, 1.82) is 0 Å². The van der Waals surface area contributed by atoms with E-state index in [4.69, 9.17) is 11.6 Å². The Bertz CT molecular complexity index is 76.9. The van der Waals surface area contributed by atoms with Crippen LogP contribution in [0.3, 0.4) is 0 Å². The van der Waals surface area contributed by atoms with Gasteiger partial charge < -0.3 is 9.29 Å². The molecule has 50 valence electrons. The first kappa shape index (κ1) is 8.36. The van der Waals surface area contributed by atoms with E-state index in [0.29, 0.717) is 5.88 Å². The third-order valence-corrected chi connectivity index (χ3v) is 0.914. The highest BCUT2D eigenvalue weighted by atomic mass is 35.5. The Hall–Kier alpha value is 0.360. The molecular weight excluding hydrogens is 152 g/mol. The van der Waals surface area contributed by atoms with Crippen molar-refractivity contribution < 1.29 is 13.5 Å². The lowest BCUT2D eigenvalue weighted by Gasteiger charge is -2.02. The number of halogens is 1. The Morgan fingerprint density at radius 3 is 2.75 bits per heavy atom. The van der Waals surface area contributed by atoms with E-state index in [1.54, 1.807) is 0 Å². The van der Waals surface area contributed by atoms with Crippen LogP contribution < -0.4 is 0 Å². The molecule has 0 bridgehead atoms. The first-order valence-electron chi connectivity index (χ1n) is 1.97. The van der Waals surface area contributed by atoms with Gasteiger partial charge in [-0.25, -0.2) is 0 Å². The first-order valence-corrected chi connectivity index (χ1v) is 3.75. The van der Waals surface area contributed by atoms with Crippen molar-refractivity contribution in [3.63, 3.8) is 0 Å². The van der Waals surface area contributed by atoms with E-state index in [1.807, 2.05) is 0 Å². The van der Waals surface area contributed by atoms with Crippen molar-refractivity contribution in [1.82, 2.24) is 0 Å². The molecule has 0 saturated carbocycles. The number of hydrogen-bond donors (Lipinski definition) is 0. The molecule has 0 fully saturated rings. The number of hydrogen-bond acceptors (Lipinski definition) is 3. The molecule has 3 nitrogen and oxygen atoms in total. The van der Waals surface area contributed by atoms with E-state index in [2.05, 4.69) is 4.74 Å². The second-order valence-electron chi connectivity index (χ2n) is 1.02. The number of ether oxygens (including phenoxy) is 1. The van der Waals surface area contributed by atoms with Gasteiger partial charge in [0, 0.05) is 5.88 Å². The lowest BCUT2D eigenvalue weighted by atomic mass is 10.9. The maximum atomic E-state index is 9.71. The van der Waals surface area contributed by atoms with Crippen molar-refractivity contribution in [3.05, 3.63) is 0 Å². The van der Waals surface area contributed by atoms with E-state index >= 15 is 0 Å². The molecule has 0 spiro atoms. The van der Waals surface area contributed by atoms with Crippen LogP contribution in [0.2, 0.25) is 0 Å². The van der Waals surface area contributed by atoms with Crippen LogP contribution in [0.1, 0.15) is 0 Å². The maximum Gasteiger partial charge on any atom is 0.109 e. The SMILES string of the molecule is O=S([O-])COCCCl. The van der Waals surface area contributed by atoms with Crippen LogP contribution in [0.25, 0.3) is 0 Å². The predicted molar refractivity (Wildman–Crippen MR) is 30.5 cm³/mol. The average Bonchev–Trinajstić information content (AvgIpc) is 1.66. The van der Waals surface area contributed by atoms with Crippen LogP contribution in [0.15, 0.2) is 0 Å². The van der Waals surface area contributed by atoms with Crippen LogP contribution in [0.4, 0.5) is 0 Å². The van der Waals surface area contributed by atoms with E-state index in [1.165, 1.54) is 0 Å². The fourth-order valence-corrected chi connectivity index (χ4v) is 0.545. The van der Waals surface area contributed by atoms with Gasteiger partial charge in [-0.15, -0.1) is 11.6 Å². The Morgan fingerprint density at radius 1 is 1.75 bits per heavy atom. The normalized spacial score (nSPS) is 13.8. The molecule has 0 aliphatic heterocycles. The summed E-state index contributed by atoms with van der Waals surface area (Å²) in [4.78, 5) is 0. The van der Waals surface area contributed by atoms with Crippen LogP contribution in [0, 0.1) is 0 Å². The fourth-order valence-electron chi connectivity index (χ4n) is 0.182. The zero-order chi connectivity index (χ0) is 6.41. The molecule has 0 aromatic carbocycles. The molecule has 1 atom stereocenters. The van der Waals surface area contributed by atoms with Crippen LogP contribution >= 0.6 is 11.6 Å². The monoisotopic (exact) mass is 157 g/mol. The first-order chi connectivity index (χ1) is 3.77. The maximum absolute atomic E-state index is 9.71. The third-order valence-electron chi connectivity index (χ3n) is 0.401. The van der Waals surface area contributed by atoms with Crippen molar-refractivity contribution in [3.8, 4) is 0 Å². The molecule has 0 aromatic heterocycles. The molecule has 1 unspecified atom stereocenters. The Labute approximate surface area is 55.3 Å². The van der Waals surface area contributed by atoms with E-state index in [-0.39, 0.29) is 12.5 Å². The van der Waals surface area contributed by atoms with Gasteiger partial charge in [0.1, 0.15) is 5.94 Å². The largest absolute Gasteiger partial charge is 0.771 e. The summed E-state index contributed by atoms with van der Waals surface area (Å²) in [6.07, 6.45) is 0. The summed E-state index contributed by atoms with van der Waals surface area (Å²) in [7, 11) is 0. The zero-order valence-corrected chi connectivity index (χ0v) is 5.70. The predicted octanol–water partition coefficient (Wildman–Crippen LogP) is 0.0784. The molecule has 0 aromatic rings. The molecule has 0 aliphatic rings. The van der Waals surface area contributed by atoms with E-state index in [0.717, 1.165) is 0 Å². The van der Waals surface area contributed by atoms with Gasteiger partial charge in [0.25, 0.3) is 0 Å². The van der Waals surface area contributed by atoms with Gasteiger partial charge in [-0.2, -0.15) is 0 Å². The highest BCUT2D eigenvalue weighted by Gasteiger charge is 1.82. The summed E-state index contributed by atoms with van der Waals surface area (Å²) in [5, 5.41) is 0. The lowest BCUT2D eigenvalue weighted by Crippen LogP contribution is -2.02. The summed E-state index contributed by atoms with van der Waals surface area (Å²) in [6, 6.07) is 0. The van der Waals surface area contributed by atoms with Crippen molar-refractivity contribution in [2.24, 2.45) is 0 Å². The molecule has 0 heterocycles. The van der Waals surface area contributed by atoms with Crippen LogP contribution in [-0.4, -0.2) is 27.2 Å². The summed E-state index contributed by atoms with van der Waals surface area (Å²) in [6.45, 7) is 0.287. The second kappa shape index (κ2) is 5.50. The van der Waals surface area contributed by atoms with Gasteiger partial charge in [-0.05, 0) is 11.1 Å². The molecule has 0 N–H and O–H groups in total. The van der Waals surface area contributed by atoms with Crippen LogP contribution in [0.5, 0.6) is 0 Å². The van der Waals surface area contributed by atoms with Gasteiger partial charge in [0.05, 0.1) is 6.61 Å². The number of alkyl halides is 1. The fraction of sp³-hybridized carbons (Fsp3) is 1.00. The second-order valence-corrected chi connectivity index (χ2v) is 2.24. The van der Waals surface area contributed by atoms with E-state index < -0.39 is 11.1 Å². The minimum absolute atomic E-state index is 0.257. The quantitative estimate of drug-likeness (QED) is 0.330. The van der Waals surface area contributed by atoms with Gasteiger partial charge in [-0.3, -0.25) is 4.21 Å². The highest BCUT2D eigenvalue weighted by molar-refractivity contribution is 7.78. The van der Waals surface area contributed by atoms with E-state index in [9.17, 15) is 8.76 Å². The average molecular weight is 158 g/mol. The Kier molecular flexibility index (Phi) is 5.74. The molecule has 0 radical (unpaired) electrons. The van der Waals surface area contributed by atoms with Crippen LogP contribution in [-0.2, 0) is 15.8 Å². The highest BCUT2D eigenvalue weighted by Crippen LogP contribution is 1.80. The summed E-state index contributed by atoms with van der Waals surface area (Å²) < 4.78 is 23.9. The lowest BCUT2D eigenvalue weighted by molar-refractivity contribution is 0.192. The molecule has 0 saturated heterocycles. The standard InChI is InChI=1S/C3H7ClO3S/c4-1-2-7-3-8(5)6/h1-3H2,(H,5,6)/p-1. The van der Waals surface area contributed by atoms with Gasteiger partial charge in [-0.1, -0.05) is 0 Å². The molecule has 0 rings (SSSR count). The zero-order valence-electron chi connectivity index (χ0n) is 4.13. The summed E-state index contributed by atoms with van der Waals surface area (Å²) in [5.41, 5.74) is 0. The minimum Gasteiger partial charge on any atom is -0.771 e. The molecule has 0 amide bonds. The topological polar surface area (TPSA) is 49.4 Å². The molecule has 0 aliphatic carbocycles. The van der Waals surface area contributed by atoms with Gasteiger partial charge in [0.15, 0.2) is 0 Å². The third kappa shape index (κ3) is 6.36. The Balaban J connectivity index is 2.82. The summed E-state index contributed by atoms with van der Waals surface area (Å²) in [5.74, 6) is 0.0733. The molecule has 5 heteroatoms. The van der Waals surface area contributed by atoms with Gasteiger partial charge in [0.2, 0.25) is 0 Å². The van der Waals surface area contributed by atoms with Crippen molar-refractivity contribution in [2.45, 2.75) is 0 Å². The smallest absolute Gasteiger partial charge is 0.109 e.